The number of guanidine groups is 1. The van der Waals surface area contributed by atoms with E-state index >= 15 is 0 Å². The van der Waals surface area contributed by atoms with Gasteiger partial charge in [0.2, 0.25) is 5.91 Å². The van der Waals surface area contributed by atoms with Crippen molar-refractivity contribution >= 4 is 57.5 Å². The van der Waals surface area contributed by atoms with Gasteiger partial charge in [0.15, 0.2) is 5.96 Å². The lowest BCUT2D eigenvalue weighted by Gasteiger charge is -2.24. The van der Waals surface area contributed by atoms with Crippen molar-refractivity contribution in [2.24, 2.45) is 4.99 Å². The van der Waals surface area contributed by atoms with Crippen molar-refractivity contribution < 1.29 is 9.53 Å². The predicted molar refractivity (Wildman–Crippen MR) is 113 cm³/mol. The fourth-order valence-electron chi connectivity index (χ4n) is 1.64. The Hall–Kier alpha value is -0.870. The lowest BCUT2D eigenvalue weighted by atomic mass is 10.1. The zero-order chi connectivity index (χ0) is 17.3. The Balaban J connectivity index is 0.00000529. The van der Waals surface area contributed by atoms with Crippen LogP contribution in [0.4, 0.5) is 5.69 Å². The van der Waals surface area contributed by atoms with E-state index < -0.39 is 0 Å². The molecular formula is C16H26BrIN4O2. The van der Waals surface area contributed by atoms with Gasteiger partial charge in [0.1, 0.15) is 0 Å². The zero-order valence-electron chi connectivity index (χ0n) is 14.5. The highest BCUT2D eigenvalue weighted by atomic mass is 127. The van der Waals surface area contributed by atoms with E-state index in [1.807, 2.05) is 38.1 Å². The molecular weight excluding hydrogens is 487 g/mol. The molecule has 0 saturated heterocycles. The smallest absolute Gasteiger partial charge is 0.226 e. The molecule has 1 aromatic rings. The zero-order valence-corrected chi connectivity index (χ0v) is 18.4. The number of rotatable bonds is 7. The van der Waals surface area contributed by atoms with Crippen LogP contribution in [0.5, 0.6) is 0 Å². The van der Waals surface area contributed by atoms with Gasteiger partial charge < -0.3 is 20.7 Å². The summed E-state index contributed by atoms with van der Waals surface area (Å²) in [5, 5.41) is 9.12. The third kappa shape index (κ3) is 9.43. The number of hydrogen-bond acceptors (Lipinski definition) is 3. The van der Waals surface area contributed by atoms with Gasteiger partial charge in [-0.2, -0.15) is 0 Å². The maximum absolute atomic E-state index is 11.9. The van der Waals surface area contributed by atoms with Crippen molar-refractivity contribution in [2.45, 2.75) is 25.9 Å². The largest absolute Gasteiger partial charge is 0.377 e. The van der Waals surface area contributed by atoms with E-state index in [4.69, 9.17) is 4.74 Å². The van der Waals surface area contributed by atoms with Crippen molar-refractivity contribution in [2.75, 3.05) is 32.6 Å². The molecule has 0 aliphatic rings. The summed E-state index contributed by atoms with van der Waals surface area (Å²) in [6, 6.07) is 7.47. The van der Waals surface area contributed by atoms with Crippen LogP contribution in [0.25, 0.3) is 0 Å². The Bertz CT molecular complexity index is 535. The van der Waals surface area contributed by atoms with Crippen molar-refractivity contribution in [3.05, 3.63) is 28.7 Å². The van der Waals surface area contributed by atoms with Crippen LogP contribution in [0.3, 0.4) is 0 Å². The first-order valence-electron chi connectivity index (χ1n) is 7.41. The predicted octanol–water partition coefficient (Wildman–Crippen LogP) is 2.99. The van der Waals surface area contributed by atoms with Gasteiger partial charge in [0, 0.05) is 43.8 Å². The fourth-order valence-corrected chi connectivity index (χ4v) is 1.90. The molecule has 1 amide bonds. The van der Waals surface area contributed by atoms with E-state index in [2.05, 4.69) is 36.9 Å². The van der Waals surface area contributed by atoms with Crippen molar-refractivity contribution in [1.82, 2.24) is 10.6 Å². The molecule has 0 heterocycles. The van der Waals surface area contributed by atoms with Crippen LogP contribution in [0.2, 0.25) is 0 Å². The van der Waals surface area contributed by atoms with Crippen molar-refractivity contribution in [1.29, 1.82) is 0 Å². The van der Waals surface area contributed by atoms with Gasteiger partial charge in [-0.1, -0.05) is 15.9 Å². The summed E-state index contributed by atoms with van der Waals surface area (Å²) in [6.45, 7) is 5.08. The maximum Gasteiger partial charge on any atom is 0.226 e. The second kappa shape index (κ2) is 11.6. The van der Waals surface area contributed by atoms with Crippen LogP contribution < -0.4 is 16.0 Å². The normalized spacial score (nSPS) is 11.5. The van der Waals surface area contributed by atoms with Gasteiger partial charge in [0.25, 0.3) is 0 Å². The highest BCUT2D eigenvalue weighted by Gasteiger charge is 2.16. The van der Waals surface area contributed by atoms with Crippen molar-refractivity contribution in [3.8, 4) is 0 Å². The molecule has 8 heteroatoms. The molecule has 0 aliphatic carbocycles. The quantitative estimate of drug-likeness (QED) is 0.298. The average molecular weight is 513 g/mol. The van der Waals surface area contributed by atoms with Gasteiger partial charge in [-0.3, -0.25) is 9.79 Å². The fraction of sp³-hybridized carbons (Fsp3) is 0.500. The summed E-state index contributed by atoms with van der Waals surface area (Å²) in [7, 11) is 3.36. The summed E-state index contributed by atoms with van der Waals surface area (Å²) in [5.74, 6) is 0.596. The molecule has 0 spiro atoms. The number of aliphatic imine (C=N–C) groups is 1. The van der Waals surface area contributed by atoms with Crippen LogP contribution in [0.1, 0.15) is 20.3 Å². The van der Waals surface area contributed by atoms with E-state index in [1.54, 1.807) is 14.2 Å². The standard InChI is InChI=1S/C16H25BrN4O2.HI/c1-16(2,23-4)11-20-15(18-3)19-10-9-14(22)21-13-7-5-12(17)6-8-13;/h5-8H,9-11H2,1-4H3,(H,21,22)(H2,18,19,20);1H. The van der Waals surface area contributed by atoms with Gasteiger partial charge in [0.05, 0.1) is 5.60 Å². The monoisotopic (exact) mass is 512 g/mol. The Kier molecular flexibility index (Phi) is 11.2. The number of amides is 1. The highest BCUT2D eigenvalue weighted by molar-refractivity contribution is 14.0. The van der Waals surface area contributed by atoms with Crippen LogP contribution in [0, 0.1) is 0 Å². The minimum atomic E-state index is -0.281. The summed E-state index contributed by atoms with van der Waals surface area (Å²) >= 11 is 3.36. The maximum atomic E-state index is 11.9. The molecule has 136 valence electrons. The topological polar surface area (TPSA) is 74.8 Å². The number of benzene rings is 1. The SMILES string of the molecule is CN=C(NCCC(=O)Nc1ccc(Br)cc1)NCC(C)(C)OC.I. The number of hydrogen-bond donors (Lipinski definition) is 3. The number of halogens is 2. The van der Waals surface area contributed by atoms with Crippen LogP contribution in [-0.4, -0.2) is 44.7 Å². The second-order valence-corrected chi connectivity index (χ2v) is 6.54. The first kappa shape index (κ1) is 23.1. The van der Waals surface area contributed by atoms with Crippen molar-refractivity contribution in [3.63, 3.8) is 0 Å². The number of nitrogens with zero attached hydrogens (tertiary/aromatic N) is 1. The average Bonchev–Trinajstić information content (AvgIpc) is 2.53. The Morgan fingerprint density at radius 3 is 2.42 bits per heavy atom. The molecule has 6 nitrogen and oxygen atoms in total. The Morgan fingerprint density at radius 1 is 1.25 bits per heavy atom. The molecule has 0 bridgehead atoms. The third-order valence-electron chi connectivity index (χ3n) is 3.23. The number of nitrogens with one attached hydrogen (secondary N) is 3. The van der Waals surface area contributed by atoms with Crippen LogP contribution >= 0.6 is 39.9 Å². The molecule has 1 rings (SSSR count). The number of ether oxygens (including phenoxy) is 1. The Labute approximate surface area is 169 Å². The minimum Gasteiger partial charge on any atom is -0.377 e. The minimum absolute atomic E-state index is 0. The van der Waals surface area contributed by atoms with E-state index in [-0.39, 0.29) is 35.5 Å². The summed E-state index contributed by atoms with van der Waals surface area (Å²) in [5.41, 5.74) is 0.499. The van der Waals surface area contributed by atoms with E-state index in [1.165, 1.54) is 0 Å². The molecule has 0 radical (unpaired) electrons. The lowest BCUT2D eigenvalue weighted by Crippen LogP contribution is -2.45. The molecule has 0 aliphatic heterocycles. The van der Waals surface area contributed by atoms with Gasteiger partial charge in [-0.25, -0.2) is 0 Å². The number of carbonyl (C=O) groups is 1. The highest BCUT2D eigenvalue weighted by Crippen LogP contribution is 2.14. The number of methoxy groups -OCH3 is 1. The molecule has 0 aromatic heterocycles. The van der Waals surface area contributed by atoms with Crippen LogP contribution in [0.15, 0.2) is 33.7 Å². The molecule has 0 fully saturated rings. The third-order valence-corrected chi connectivity index (χ3v) is 3.76. The number of carbonyl (C=O) groups excluding carboxylic acids is 1. The van der Waals surface area contributed by atoms with Crippen LogP contribution in [-0.2, 0) is 9.53 Å². The summed E-state index contributed by atoms with van der Waals surface area (Å²) < 4.78 is 6.32. The number of anilines is 1. The first-order chi connectivity index (χ1) is 10.9. The molecule has 0 atom stereocenters. The van der Waals surface area contributed by atoms with Gasteiger partial charge in [-0.05, 0) is 38.1 Å². The lowest BCUT2D eigenvalue weighted by molar-refractivity contribution is -0.116. The first-order valence-corrected chi connectivity index (χ1v) is 8.20. The molecule has 1 aromatic carbocycles. The molecule has 0 unspecified atom stereocenters. The van der Waals surface area contributed by atoms with E-state index in [0.717, 1.165) is 10.2 Å². The Morgan fingerprint density at radius 2 is 1.88 bits per heavy atom. The molecule has 24 heavy (non-hydrogen) atoms. The molecule has 0 saturated carbocycles. The van der Waals surface area contributed by atoms with Gasteiger partial charge in [-0.15, -0.1) is 24.0 Å². The summed E-state index contributed by atoms with van der Waals surface area (Å²) in [4.78, 5) is 16.0. The summed E-state index contributed by atoms with van der Waals surface area (Å²) in [6.07, 6.45) is 0.352. The van der Waals surface area contributed by atoms with Gasteiger partial charge >= 0.3 is 0 Å². The molecule has 3 N–H and O–H groups in total. The second-order valence-electron chi connectivity index (χ2n) is 5.62. The van der Waals surface area contributed by atoms with E-state index in [9.17, 15) is 4.79 Å². The van der Waals surface area contributed by atoms with E-state index in [0.29, 0.717) is 25.5 Å².